The van der Waals surface area contributed by atoms with Crippen molar-refractivity contribution in [2.45, 2.75) is 26.1 Å². The molecule has 0 saturated heterocycles. The fourth-order valence-electron chi connectivity index (χ4n) is 3.96. The van der Waals surface area contributed by atoms with Gasteiger partial charge >= 0.3 is 18.2 Å². The number of nitrogens with zero attached hydrogens (tertiary/aromatic N) is 3. The third-order valence-corrected chi connectivity index (χ3v) is 5.55. The number of anilines is 1. The van der Waals surface area contributed by atoms with Crippen molar-refractivity contribution < 1.29 is 32.3 Å². The molecule has 0 bridgehead atoms. The van der Waals surface area contributed by atoms with E-state index in [2.05, 4.69) is 0 Å². The number of amides is 3. The number of nitriles is 1. The van der Waals surface area contributed by atoms with E-state index in [1.165, 1.54) is 38.2 Å². The fourth-order valence-corrected chi connectivity index (χ4v) is 3.96. The molecule has 1 aliphatic heterocycles. The van der Waals surface area contributed by atoms with Crippen molar-refractivity contribution in [3.8, 4) is 6.07 Å². The maximum atomic E-state index is 13.4. The van der Waals surface area contributed by atoms with E-state index in [1.54, 1.807) is 6.92 Å². The first kappa shape index (κ1) is 25.3. The molecule has 1 heterocycles. The van der Waals surface area contributed by atoms with Gasteiger partial charge in [0.1, 0.15) is 0 Å². The zero-order valence-electron chi connectivity index (χ0n) is 19.0. The Bertz CT molecular complexity index is 1280. The third-order valence-electron chi connectivity index (χ3n) is 5.55. The quantitative estimate of drug-likeness (QED) is 0.638. The van der Waals surface area contributed by atoms with Gasteiger partial charge in [-0.1, -0.05) is 12.1 Å². The molecule has 1 aliphatic rings. The number of ether oxygens (including phenoxy) is 1. The summed E-state index contributed by atoms with van der Waals surface area (Å²) in [5.41, 5.74) is 4.60. The largest absolute Gasteiger partial charge is 0.463 e. The molecule has 0 aliphatic carbocycles. The lowest BCUT2D eigenvalue weighted by Crippen LogP contribution is -2.49. The molecule has 1 unspecified atom stereocenters. The Kier molecular flexibility index (Phi) is 6.87. The Balaban J connectivity index is 2.29. The number of carbonyl (C=O) groups is 3. The van der Waals surface area contributed by atoms with Crippen molar-refractivity contribution in [1.29, 1.82) is 5.26 Å². The van der Waals surface area contributed by atoms with Crippen molar-refractivity contribution in [2.75, 3.05) is 18.6 Å². The lowest BCUT2D eigenvalue weighted by molar-refractivity contribution is -0.139. The van der Waals surface area contributed by atoms with Crippen molar-refractivity contribution in [3.05, 3.63) is 76.0 Å². The highest BCUT2D eigenvalue weighted by Crippen LogP contribution is 2.41. The molecule has 1 atom stereocenters. The van der Waals surface area contributed by atoms with E-state index in [0.29, 0.717) is 0 Å². The van der Waals surface area contributed by atoms with Crippen LogP contribution in [-0.2, 0) is 15.7 Å². The minimum absolute atomic E-state index is 0.0143. The molecule has 11 heteroatoms. The van der Waals surface area contributed by atoms with Gasteiger partial charge in [0.15, 0.2) is 0 Å². The standard InChI is InChI=1S/C24H21F3N4O4/c1-4-35-22(33)19-13(2)31(16-7-5-6-15(11-16)24(25,26)27)23(34)30(3)20(19)17-9-8-14(12-28)10-18(17)21(29)32/h5-11,20H,4H2,1-3H3,(H2,29,32). The van der Waals surface area contributed by atoms with Gasteiger partial charge in [0.2, 0.25) is 5.91 Å². The zero-order valence-corrected chi connectivity index (χ0v) is 19.0. The number of hydrogen-bond acceptors (Lipinski definition) is 5. The van der Waals surface area contributed by atoms with Crippen LogP contribution in [0.3, 0.4) is 0 Å². The smallest absolute Gasteiger partial charge is 0.416 e. The molecule has 3 rings (SSSR count). The van der Waals surface area contributed by atoms with Gasteiger partial charge in [0.05, 0.1) is 41.1 Å². The summed E-state index contributed by atoms with van der Waals surface area (Å²) in [6, 6.07) is 8.16. The number of allylic oxidation sites excluding steroid dienone is 1. The monoisotopic (exact) mass is 486 g/mol. The average Bonchev–Trinajstić information content (AvgIpc) is 2.80. The number of nitrogens with two attached hydrogens (primary N) is 1. The second kappa shape index (κ2) is 9.50. The van der Waals surface area contributed by atoms with E-state index in [-0.39, 0.29) is 40.3 Å². The number of hydrogen-bond donors (Lipinski definition) is 1. The summed E-state index contributed by atoms with van der Waals surface area (Å²) in [4.78, 5) is 40.7. The zero-order chi connectivity index (χ0) is 26.1. The number of carbonyl (C=O) groups excluding carboxylic acids is 3. The number of benzene rings is 2. The highest BCUT2D eigenvalue weighted by Gasteiger charge is 2.43. The second-order valence-corrected chi connectivity index (χ2v) is 7.68. The van der Waals surface area contributed by atoms with Gasteiger partial charge in [-0.05, 0) is 49.7 Å². The summed E-state index contributed by atoms with van der Waals surface area (Å²) < 4.78 is 45.1. The van der Waals surface area contributed by atoms with Crippen LogP contribution in [0.4, 0.5) is 23.7 Å². The topological polar surface area (TPSA) is 117 Å². The van der Waals surface area contributed by atoms with E-state index in [4.69, 9.17) is 10.5 Å². The van der Waals surface area contributed by atoms with Crippen LogP contribution in [0.2, 0.25) is 0 Å². The van der Waals surface area contributed by atoms with Gasteiger partial charge in [-0.3, -0.25) is 9.69 Å². The summed E-state index contributed by atoms with van der Waals surface area (Å²) in [5, 5.41) is 9.19. The number of esters is 1. The summed E-state index contributed by atoms with van der Waals surface area (Å²) in [6.07, 6.45) is -4.65. The van der Waals surface area contributed by atoms with Gasteiger partial charge in [-0.25, -0.2) is 9.59 Å². The number of urea groups is 1. The van der Waals surface area contributed by atoms with Gasteiger partial charge in [-0.2, -0.15) is 18.4 Å². The predicted octanol–water partition coefficient (Wildman–Crippen LogP) is 4.13. The Morgan fingerprint density at radius 3 is 2.46 bits per heavy atom. The molecular weight excluding hydrogens is 465 g/mol. The predicted molar refractivity (Wildman–Crippen MR) is 119 cm³/mol. The van der Waals surface area contributed by atoms with Crippen LogP contribution in [0, 0.1) is 11.3 Å². The van der Waals surface area contributed by atoms with E-state index >= 15 is 0 Å². The summed E-state index contributed by atoms with van der Waals surface area (Å²) in [5.74, 6) is -1.72. The lowest BCUT2D eigenvalue weighted by Gasteiger charge is -2.41. The maximum Gasteiger partial charge on any atom is 0.416 e. The van der Waals surface area contributed by atoms with Crippen LogP contribution >= 0.6 is 0 Å². The Morgan fingerprint density at radius 2 is 1.89 bits per heavy atom. The van der Waals surface area contributed by atoms with Crippen LogP contribution in [-0.4, -0.2) is 36.5 Å². The first-order valence-corrected chi connectivity index (χ1v) is 10.4. The molecule has 0 saturated carbocycles. The normalized spacial score (nSPS) is 16.3. The van der Waals surface area contributed by atoms with Crippen LogP contribution in [0.25, 0.3) is 0 Å². The van der Waals surface area contributed by atoms with Crippen LogP contribution in [0.5, 0.6) is 0 Å². The van der Waals surface area contributed by atoms with E-state index in [0.717, 1.165) is 28.0 Å². The van der Waals surface area contributed by atoms with Gasteiger partial charge in [0, 0.05) is 18.3 Å². The van der Waals surface area contributed by atoms with Gasteiger partial charge in [0.25, 0.3) is 0 Å². The van der Waals surface area contributed by atoms with Gasteiger partial charge in [-0.15, -0.1) is 0 Å². The third kappa shape index (κ3) is 4.68. The highest BCUT2D eigenvalue weighted by molar-refractivity contribution is 6.04. The number of likely N-dealkylation sites (N-methyl/N-ethyl adjacent to an activating group) is 1. The second-order valence-electron chi connectivity index (χ2n) is 7.68. The molecular formula is C24H21F3N4O4. The van der Waals surface area contributed by atoms with Crippen molar-refractivity contribution in [3.63, 3.8) is 0 Å². The Morgan fingerprint density at radius 1 is 1.20 bits per heavy atom. The molecule has 3 amide bonds. The molecule has 0 spiro atoms. The molecule has 35 heavy (non-hydrogen) atoms. The molecule has 2 N–H and O–H groups in total. The molecule has 0 aromatic heterocycles. The molecule has 8 nitrogen and oxygen atoms in total. The molecule has 0 radical (unpaired) electrons. The maximum absolute atomic E-state index is 13.4. The van der Waals surface area contributed by atoms with Gasteiger partial charge < -0.3 is 15.4 Å². The summed E-state index contributed by atoms with van der Waals surface area (Å²) in [6.45, 7) is 2.96. The van der Waals surface area contributed by atoms with Crippen molar-refractivity contribution >= 4 is 23.6 Å². The fraction of sp³-hybridized carbons (Fsp3) is 0.250. The Labute approximate surface area is 199 Å². The molecule has 0 fully saturated rings. The lowest BCUT2D eigenvalue weighted by atomic mass is 9.89. The van der Waals surface area contributed by atoms with Crippen LogP contribution in [0.1, 0.15) is 46.9 Å². The van der Waals surface area contributed by atoms with Crippen LogP contribution < -0.4 is 10.6 Å². The minimum Gasteiger partial charge on any atom is -0.463 e. The van der Waals surface area contributed by atoms with Crippen molar-refractivity contribution in [2.24, 2.45) is 5.73 Å². The number of primary amides is 1. The summed E-state index contributed by atoms with van der Waals surface area (Å²) in [7, 11) is 1.34. The van der Waals surface area contributed by atoms with Crippen molar-refractivity contribution in [1.82, 2.24) is 4.90 Å². The van der Waals surface area contributed by atoms with E-state index in [9.17, 15) is 32.8 Å². The highest BCUT2D eigenvalue weighted by atomic mass is 19.4. The first-order valence-electron chi connectivity index (χ1n) is 10.4. The molecule has 182 valence electrons. The first-order chi connectivity index (χ1) is 16.4. The number of halogens is 3. The Hall–Kier alpha value is -4.33. The van der Waals surface area contributed by atoms with E-state index in [1.807, 2.05) is 6.07 Å². The molecule has 2 aromatic carbocycles. The SMILES string of the molecule is CCOC(=O)C1=C(C)N(c2cccc(C(F)(F)F)c2)C(=O)N(C)C1c1ccc(C#N)cc1C(N)=O. The van der Waals surface area contributed by atoms with E-state index < -0.39 is 35.7 Å². The minimum atomic E-state index is -4.65. The summed E-state index contributed by atoms with van der Waals surface area (Å²) >= 11 is 0. The number of rotatable bonds is 5. The number of alkyl halides is 3. The van der Waals surface area contributed by atoms with Crippen LogP contribution in [0.15, 0.2) is 53.7 Å². The average molecular weight is 486 g/mol. The molecule has 2 aromatic rings.